The summed E-state index contributed by atoms with van der Waals surface area (Å²) < 4.78 is 11.8. The van der Waals surface area contributed by atoms with Crippen LogP contribution in [0.1, 0.15) is 76.3 Å². The highest BCUT2D eigenvalue weighted by Gasteiger charge is 2.36. The molecular weight excluding hydrogens is 548 g/mol. The molecule has 2 N–H and O–H groups in total. The van der Waals surface area contributed by atoms with E-state index in [9.17, 15) is 4.79 Å². The van der Waals surface area contributed by atoms with Gasteiger partial charge in [-0.3, -0.25) is 14.6 Å². The Kier molecular flexibility index (Phi) is 15.5. The number of ether oxygens (including phenoxy) is 2. The van der Waals surface area contributed by atoms with Gasteiger partial charge in [-0.1, -0.05) is 51.0 Å². The minimum atomic E-state index is -0.0782. The molecule has 2 fully saturated rings. The zero-order valence-electron chi connectivity index (χ0n) is 27.5. The summed E-state index contributed by atoms with van der Waals surface area (Å²) in [6.07, 6.45) is 11.0. The first-order valence-corrected chi connectivity index (χ1v) is 17.5. The number of carbonyl (C=O) groups is 1. The largest absolute Gasteiger partial charge is 0.494 e. The van der Waals surface area contributed by atoms with Crippen LogP contribution in [0.25, 0.3) is 0 Å². The molecule has 4 rings (SSSR count). The number of ketones is 1. The van der Waals surface area contributed by atoms with Gasteiger partial charge in [0.25, 0.3) is 0 Å². The van der Waals surface area contributed by atoms with E-state index in [2.05, 4.69) is 70.7 Å². The lowest BCUT2D eigenvalue weighted by Gasteiger charge is -2.34. The molecule has 0 bridgehead atoms. The molecule has 244 valence electrons. The topological polar surface area (TPSA) is 66.1 Å². The Bertz CT molecular complexity index is 1000. The number of Topliss-reactive ketones (excluding diaryl/α,β-unsaturated/α-hetero) is 1. The van der Waals surface area contributed by atoms with Crippen molar-refractivity contribution in [1.29, 1.82) is 0 Å². The summed E-state index contributed by atoms with van der Waals surface area (Å²) in [5.74, 6) is 2.29. The lowest BCUT2D eigenvalue weighted by atomic mass is 10.0. The standard InChI is InChI=1S/C37H58N4O3/c1-3-5-25-43-33-15-11-13-31(27-33)17-19-38-29-35(40-21-7-8-22-40)37(42)36(41-23-9-10-24-41)30-39-20-18-32-14-12-16-34(28-32)44-26-6-4-2/h11-16,27-28,35-36,38-39H,3-10,17-26,29-30H2,1-2H3. The van der Waals surface area contributed by atoms with E-state index >= 15 is 0 Å². The molecule has 2 atom stereocenters. The Balaban J connectivity index is 1.29. The van der Waals surface area contributed by atoms with Crippen molar-refractivity contribution in [2.75, 3.05) is 65.6 Å². The van der Waals surface area contributed by atoms with E-state index in [1.807, 2.05) is 12.1 Å². The number of carbonyl (C=O) groups excluding carboxylic acids is 1. The van der Waals surface area contributed by atoms with Gasteiger partial charge >= 0.3 is 0 Å². The van der Waals surface area contributed by atoms with Crippen molar-refractivity contribution in [3.05, 3.63) is 59.7 Å². The van der Waals surface area contributed by atoms with Crippen LogP contribution in [-0.2, 0) is 17.6 Å². The highest BCUT2D eigenvalue weighted by atomic mass is 16.5. The molecule has 2 saturated heterocycles. The number of hydrogen-bond donors (Lipinski definition) is 2. The molecule has 7 heteroatoms. The molecule has 2 aliphatic heterocycles. The third kappa shape index (κ3) is 11.5. The van der Waals surface area contributed by atoms with Gasteiger partial charge in [0, 0.05) is 13.1 Å². The molecule has 0 amide bonds. The lowest BCUT2D eigenvalue weighted by molar-refractivity contribution is -0.128. The monoisotopic (exact) mass is 606 g/mol. The van der Waals surface area contributed by atoms with E-state index in [4.69, 9.17) is 9.47 Å². The molecule has 2 unspecified atom stereocenters. The number of likely N-dealkylation sites (tertiary alicyclic amines) is 2. The molecular formula is C37H58N4O3. The normalized spacial score (nSPS) is 17.1. The van der Waals surface area contributed by atoms with Gasteiger partial charge < -0.3 is 20.1 Å². The fourth-order valence-corrected chi connectivity index (χ4v) is 6.34. The quantitative estimate of drug-likeness (QED) is 0.172. The Morgan fingerprint density at radius 2 is 1.14 bits per heavy atom. The van der Waals surface area contributed by atoms with E-state index in [-0.39, 0.29) is 12.1 Å². The molecule has 44 heavy (non-hydrogen) atoms. The number of benzene rings is 2. The zero-order chi connectivity index (χ0) is 30.8. The van der Waals surface area contributed by atoms with Gasteiger partial charge in [-0.05, 0) is 126 Å². The maximum absolute atomic E-state index is 14.3. The summed E-state index contributed by atoms with van der Waals surface area (Å²) in [5.41, 5.74) is 2.54. The van der Waals surface area contributed by atoms with Crippen LogP contribution in [0.15, 0.2) is 48.5 Å². The summed E-state index contributed by atoms with van der Waals surface area (Å²) >= 11 is 0. The number of rotatable bonds is 22. The SMILES string of the molecule is CCCCOc1cccc(CCNCC(C(=O)C(CNCCc2cccc(OCCCC)c2)N2CCCC2)N2CCCC2)c1. The third-order valence-corrected chi connectivity index (χ3v) is 9.01. The van der Waals surface area contributed by atoms with Gasteiger partial charge in [0.2, 0.25) is 0 Å². The summed E-state index contributed by atoms with van der Waals surface area (Å²) in [4.78, 5) is 19.2. The second-order valence-corrected chi connectivity index (χ2v) is 12.5. The van der Waals surface area contributed by atoms with Gasteiger partial charge in [0.05, 0.1) is 25.3 Å². The van der Waals surface area contributed by atoms with Crippen molar-refractivity contribution >= 4 is 5.78 Å². The highest BCUT2D eigenvalue weighted by Crippen LogP contribution is 2.19. The van der Waals surface area contributed by atoms with Crippen LogP contribution < -0.4 is 20.1 Å². The van der Waals surface area contributed by atoms with E-state index in [0.717, 1.165) is 103 Å². The van der Waals surface area contributed by atoms with Crippen LogP contribution in [0.5, 0.6) is 11.5 Å². The first-order chi connectivity index (χ1) is 21.7. The predicted molar refractivity (Wildman–Crippen MR) is 181 cm³/mol. The number of unbranched alkanes of at least 4 members (excludes halogenated alkanes) is 2. The maximum Gasteiger partial charge on any atom is 0.169 e. The second-order valence-electron chi connectivity index (χ2n) is 12.5. The number of nitrogens with zero attached hydrogens (tertiary/aromatic N) is 2. The van der Waals surface area contributed by atoms with Crippen LogP contribution in [0.2, 0.25) is 0 Å². The van der Waals surface area contributed by atoms with Crippen LogP contribution in [0, 0.1) is 0 Å². The van der Waals surface area contributed by atoms with Crippen molar-refractivity contribution in [3.8, 4) is 11.5 Å². The Morgan fingerprint density at radius 1 is 0.705 bits per heavy atom. The third-order valence-electron chi connectivity index (χ3n) is 9.01. The molecule has 0 aromatic heterocycles. The molecule has 0 radical (unpaired) electrons. The predicted octanol–water partition coefficient (Wildman–Crippen LogP) is 5.51. The molecule has 2 heterocycles. The van der Waals surface area contributed by atoms with Crippen LogP contribution in [0.3, 0.4) is 0 Å². The zero-order valence-corrected chi connectivity index (χ0v) is 27.5. The van der Waals surface area contributed by atoms with Gasteiger partial charge in [0.1, 0.15) is 11.5 Å². The molecule has 2 aliphatic rings. The summed E-state index contributed by atoms with van der Waals surface area (Å²) in [6, 6.07) is 16.7. The lowest BCUT2D eigenvalue weighted by Crippen LogP contribution is -2.56. The first kappa shape index (κ1) is 34.4. The van der Waals surface area contributed by atoms with Crippen molar-refractivity contribution < 1.29 is 14.3 Å². The molecule has 0 saturated carbocycles. The first-order valence-electron chi connectivity index (χ1n) is 17.5. The highest BCUT2D eigenvalue weighted by molar-refractivity contribution is 5.89. The van der Waals surface area contributed by atoms with Crippen molar-refractivity contribution in [1.82, 2.24) is 20.4 Å². The Hall–Kier alpha value is -2.45. The smallest absolute Gasteiger partial charge is 0.169 e. The minimum Gasteiger partial charge on any atom is -0.494 e. The fourth-order valence-electron chi connectivity index (χ4n) is 6.34. The van der Waals surface area contributed by atoms with Gasteiger partial charge in [-0.15, -0.1) is 0 Å². The molecule has 2 aromatic rings. The number of nitrogens with one attached hydrogen (secondary N) is 2. The van der Waals surface area contributed by atoms with Gasteiger partial charge in [-0.25, -0.2) is 0 Å². The van der Waals surface area contributed by atoms with Crippen molar-refractivity contribution in [3.63, 3.8) is 0 Å². The molecule has 7 nitrogen and oxygen atoms in total. The molecule has 0 aliphatic carbocycles. The Morgan fingerprint density at radius 3 is 1.55 bits per heavy atom. The van der Waals surface area contributed by atoms with Gasteiger partial charge in [0.15, 0.2) is 5.78 Å². The van der Waals surface area contributed by atoms with E-state index < -0.39 is 0 Å². The van der Waals surface area contributed by atoms with E-state index in [1.54, 1.807) is 0 Å². The minimum absolute atomic E-state index is 0.0782. The van der Waals surface area contributed by atoms with E-state index in [0.29, 0.717) is 18.9 Å². The molecule has 0 spiro atoms. The maximum atomic E-state index is 14.3. The van der Waals surface area contributed by atoms with E-state index in [1.165, 1.54) is 36.8 Å². The van der Waals surface area contributed by atoms with Crippen molar-refractivity contribution in [2.45, 2.75) is 90.1 Å². The second kappa shape index (κ2) is 19.8. The van der Waals surface area contributed by atoms with Crippen LogP contribution in [-0.4, -0.2) is 93.2 Å². The number of hydrogen-bond acceptors (Lipinski definition) is 7. The summed E-state index contributed by atoms with van der Waals surface area (Å²) in [5, 5.41) is 7.33. The average molecular weight is 607 g/mol. The summed E-state index contributed by atoms with van der Waals surface area (Å²) in [7, 11) is 0. The Labute approximate surface area is 267 Å². The van der Waals surface area contributed by atoms with Crippen LogP contribution in [0.4, 0.5) is 0 Å². The van der Waals surface area contributed by atoms with Gasteiger partial charge in [-0.2, -0.15) is 0 Å². The summed E-state index contributed by atoms with van der Waals surface area (Å²) in [6.45, 7) is 13.1. The average Bonchev–Trinajstić information content (AvgIpc) is 3.77. The fraction of sp³-hybridized carbons (Fsp3) is 0.649. The molecule has 2 aromatic carbocycles. The van der Waals surface area contributed by atoms with Crippen LogP contribution >= 0.6 is 0 Å². The van der Waals surface area contributed by atoms with Crippen molar-refractivity contribution in [2.24, 2.45) is 0 Å².